The van der Waals surface area contributed by atoms with E-state index in [2.05, 4.69) is 9.97 Å². The van der Waals surface area contributed by atoms with Crippen LogP contribution in [0.25, 0.3) is 0 Å². The molecule has 0 unspecified atom stereocenters. The van der Waals surface area contributed by atoms with Crippen molar-refractivity contribution in [3.8, 4) is 11.8 Å². The summed E-state index contributed by atoms with van der Waals surface area (Å²) in [6.07, 6.45) is 3.08. The summed E-state index contributed by atoms with van der Waals surface area (Å²) in [5.41, 5.74) is 1.70. The Bertz CT molecular complexity index is 512. The van der Waals surface area contributed by atoms with Crippen LogP contribution in [0, 0.1) is 0 Å². The second-order valence-corrected chi connectivity index (χ2v) is 4.03. The van der Waals surface area contributed by atoms with E-state index in [9.17, 15) is 0 Å². The third-order valence-electron chi connectivity index (χ3n) is 2.41. The first-order valence-corrected chi connectivity index (χ1v) is 5.56. The van der Waals surface area contributed by atoms with Crippen LogP contribution < -0.4 is 9.64 Å². The molecular formula is C13H15N3O2. The lowest BCUT2D eigenvalue weighted by atomic mass is 10.3. The molecule has 94 valence electrons. The number of hydrogen-bond acceptors (Lipinski definition) is 5. The molecule has 0 fully saturated rings. The van der Waals surface area contributed by atoms with E-state index in [1.807, 2.05) is 43.3 Å². The number of rotatable bonds is 4. The highest BCUT2D eigenvalue weighted by molar-refractivity contribution is 5.49. The molecule has 0 saturated heterocycles. The number of hydrogen-bond donors (Lipinski definition) is 1. The van der Waals surface area contributed by atoms with Crippen molar-refractivity contribution in [1.29, 1.82) is 0 Å². The summed E-state index contributed by atoms with van der Waals surface area (Å²) < 4.78 is 5.54. The number of nitrogens with zero attached hydrogens (tertiary/aromatic N) is 3. The number of aliphatic hydroxyl groups is 1. The molecule has 0 atom stereocenters. The maximum Gasteiger partial charge on any atom is 0.321 e. The van der Waals surface area contributed by atoms with Crippen molar-refractivity contribution in [3.05, 3.63) is 42.2 Å². The van der Waals surface area contributed by atoms with E-state index in [-0.39, 0.29) is 12.6 Å². The van der Waals surface area contributed by atoms with Gasteiger partial charge in [0.25, 0.3) is 0 Å². The molecule has 0 radical (unpaired) electrons. The topological polar surface area (TPSA) is 58.5 Å². The first kappa shape index (κ1) is 12.3. The molecule has 0 aliphatic heterocycles. The number of aliphatic hydroxyl groups excluding tert-OH is 1. The number of ether oxygens (including phenoxy) is 1. The molecule has 0 amide bonds. The van der Waals surface area contributed by atoms with Crippen LogP contribution in [0.2, 0.25) is 0 Å². The van der Waals surface area contributed by atoms with Crippen molar-refractivity contribution in [2.45, 2.75) is 6.61 Å². The Hall–Kier alpha value is -2.14. The van der Waals surface area contributed by atoms with Gasteiger partial charge in [0.15, 0.2) is 0 Å². The van der Waals surface area contributed by atoms with Gasteiger partial charge < -0.3 is 14.7 Å². The summed E-state index contributed by atoms with van der Waals surface area (Å²) in [5, 5.41) is 8.89. The van der Waals surface area contributed by atoms with Gasteiger partial charge in [-0.25, -0.2) is 9.97 Å². The van der Waals surface area contributed by atoms with Gasteiger partial charge in [0.2, 0.25) is 0 Å². The Morgan fingerprint density at radius 1 is 1.22 bits per heavy atom. The summed E-state index contributed by atoms with van der Waals surface area (Å²) in [7, 11) is 3.93. The van der Waals surface area contributed by atoms with E-state index in [4.69, 9.17) is 9.84 Å². The molecule has 0 aliphatic carbocycles. The van der Waals surface area contributed by atoms with E-state index in [1.165, 1.54) is 12.4 Å². The van der Waals surface area contributed by atoms with Crippen molar-refractivity contribution in [2.75, 3.05) is 19.0 Å². The van der Waals surface area contributed by atoms with Crippen LogP contribution >= 0.6 is 0 Å². The van der Waals surface area contributed by atoms with Crippen LogP contribution in [0.5, 0.6) is 11.8 Å². The summed E-state index contributed by atoms with van der Waals surface area (Å²) in [5.74, 6) is 0.679. The lowest BCUT2D eigenvalue weighted by Gasteiger charge is -2.13. The monoisotopic (exact) mass is 245 g/mol. The third-order valence-corrected chi connectivity index (χ3v) is 2.41. The predicted molar refractivity (Wildman–Crippen MR) is 68.8 cm³/mol. The zero-order chi connectivity index (χ0) is 13.0. The molecular weight excluding hydrogens is 230 g/mol. The average Bonchev–Trinajstić information content (AvgIpc) is 2.40. The van der Waals surface area contributed by atoms with Gasteiger partial charge in [-0.3, -0.25) is 0 Å². The highest BCUT2D eigenvalue weighted by Crippen LogP contribution is 2.22. The van der Waals surface area contributed by atoms with E-state index >= 15 is 0 Å². The van der Waals surface area contributed by atoms with Gasteiger partial charge in [0.1, 0.15) is 5.75 Å². The molecule has 18 heavy (non-hydrogen) atoms. The standard InChI is InChI=1S/C13H15N3O2/c1-16(2)11-4-3-5-12(6-11)18-13-14-7-10(9-17)8-15-13/h3-8,17H,9H2,1-2H3. The molecule has 2 rings (SSSR count). The Morgan fingerprint density at radius 3 is 2.56 bits per heavy atom. The number of anilines is 1. The Morgan fingerprint density at radius 2 is 1.94 bits per heavy atom. The quantitative estimate of drug-likeness (QED) is 0.890. The van der Waals surface area contributed by atoms with E-state index in [1.54, 1.807) is 0 Å². The Labute approximate surface area is 106 Å². The van der Waals surface area contributed by atoms with Crippen molar-refractivity contribution in [1.82, 2.24) is 9.97 Å². The highest BCUT2D eigenvalue weighted by Gasteiger charge is 2.02. The minimum atomic E-state index is -0.0730. The fraction of sp³-hybridized carbons (Fsp3) is 0.231. The Balaban J connectivity index is 2.15. The number of benzene rings is 1. The smallest absolute Gasteiger partial charge is 0.321 e. The highest BCUT2D eigenvalue weighted by atomic mass is 16.5. The Kier molecular flexibility index (Phi) is 3.74. The summed E-state index contributed by atoms with van der Waals surface area (Å²) in [6, 6.07) is 7.91. The van der Waals surface area contributed by atoms with Crippen LogP contribution in [-0.2, 0) is 6.61 Å². The molecule has 1 N–H and O–H groups in total. The molecule has 0 spiro atoms. The average molecular weight is 245 g/mol. The first-order chi connectivity index (χ1) is 8.69. The second kappa shape index (κ2) is 5.46. The van der Waals surface area contributed by atoms with E-state index in [0.29, 0.717) is 11.3 Å². The van der Waals surface area contributed by atoms with Crippen LogP contribution in [-0.4, -0.2) is 29.2 Å². The van der Waals surface area contributed by atoms with Gasteiger partial charge in [-0.05, 0) is 12.1 Å². The first-order valence-electron chi connectivity index (χ1n) is 5.56. The molecule has 2 aromatic rings. The molecule has 5 nitrogen and oxygen atoms in total. The van der Waals surface area contributed by atoms with Crippen molar-refractivity contribution in [2.24, 2.45) is 0 Å². The lowest BCUT2D eigenvalue weighted by Crippen LogP contribution is -2.08. The van der Waals surface area contributed by atoms with Gasteiger partial charge in [-0.15, -0.1) is 0 Å². The zero-order valence-corrected chi connectivity index (χ0v) is 10.4. The normalized spacial score (nSPS) is 10.2. The molecule has 0 aliphatic rings. The number of aromatic nitrogens is 2. The molecule has 1 heterocycles. The summed E-state index contributed by atoms with van der Waals surface area (Å²) >= 11 is 0. The fourth-order valence-electron chi connectivity index (χ4n) is 1.41. The summed E-state index contributed by atoms with van der Waals surface area (Å²) in [6.45, 7) is -0.0730. The minimum absolute atomic E-state index is 0.0730. The van der Waals surface area contributed by atoms with E-state index < -0.39 is 0 Å². The largest absolute Gasteiger partial charge is 0.424 e. The van der Waals surface area contributed by atoms with Crippen LogP contribution in [0.4, 0.5) is 5.69 Å². The molecule has 0 bridgehead atoms. The summed E-state index contributed by atoms with van der Waals surface area (Å²) in [4.78, 5) is 10.0. The van der Waals surface area contributed by atoms with Gasteiger partial charge >= 0.3 is 6.01 Å². The molecule has 5 heteroatoms. The van der Waals surface area contributed by atoms with Crippen LogP contribution in [0.15, 0.2) is 36.7 Å². The lowest BCUT2D eigenvalue weighted by molar-refractivity contribution is 0.280. The van der Waals surface area contributed by atoms with Crippen molar-refractivity contribution < 1.29 is 9.84 Å². The van der Waals surface area contributed by atoms with Gasteiger partial charge in [0.05, 0.1) is 6.61 Å². The van der Waals surface area contributed by atoms with Gasteiger partial charge in [-0.2, -0.15) is 0 Å². The van der Waals surface area contributed by atoms with Crippen molar-refractivity contribution in [3.63, 3.8) is 0 Å². The van der Waals surface area contributed by atoms with Crippen LogP contribution in [0.3, 0.4) is 0 Å². The second-order valence-electron chi connectivity index (χ2n) is 4.03. The molecule has 1 aromatic carbocycles. The molecule has 0 saturated carbocycles. The maximum absolute atomic E-state index is 8.89. The minimum Gasteiger partial charge on any atom is -0.424 e. The van der Waals surface area contributed by atoms with Gasteiger partial charge in [0, 0.05) is 43.8 Å². The maximum atomic E-state index is 8.89. The SMILES string of the molecule is CN(C)c1cccc(Oc2ncc(CO)cn2)c1. The van der Waals surface area contributed by atoms with Crippen LogP contribution in [0.1, 0.15) is 5.56 Å². The van der Waals surface area contributed by atoms with E-state index in [0.717, 1.165) is 5.69 Å². The molecule has 1 aromatic heterocycles. The zero-order valence-electron chi connectivity index (χ0n) is 10.4. The van der Waals surface area contributed by atoms with Gasteiger partial charge in [-0.1, -0.05) is 6.07 Å². The third kappa shape index (κ3) is 2.95. The van der Waals surface area contributed by atoms with Crippen molar-refractivity contribution >= 4 is 5.69 Å². The predicted octanol–water partition coefficient (Wildman–Crippen LogP) is 1.83. The fourth-order valence-corrected chi connectivity index (χ4v) is 1.41.